The lowest BCUT2D eigenvalue weighted by molar-refractivity contribution is 0.0696. The fraction of sp³-hybridized carbons (Fsp3) is 0.0714. The van der Waals surface area contributed by atoms with Crippen LogP contribution in [-0.2, 0) is 0 Å². The van der Waals surface area contributed by atoms with Crippen molar-refractivity contribution in [2.75, 3.05) is 7.11 Å². The molecule has 1 N–H and O–H groups in total. The van der Waals surface area contributed by atoms with E-state index in [9.17, 15) is 4.79 Å². The van der Waals surface area contributed by atoms with E-state index in [-0.39, 0.29) is 5.56 Å². The van der Waals surface area contributed by atoms with Crippen LogP contribution >= 0.6 is 0 Å². The molecule has 1 aromatic heterocycles. The van der Waals surface area contributed by atoms with E-state index in [2.05, 4.69) is 4.98 Å². The van der Waals surface area contributed by atoms with Crippen molar-refractivity contribution in [3.63, 3.8) is 0 Å². The first kappa shape index (κ1) is 12.6. The number of carboxylic acids is 1. The first-order valence-corrected chi connectivity index (χ1v) is 5.42. The molecule has 19 heavy (non-hydrogen) atoms. The summed E-state index contributed by atoms with van der Waals surface area (Å²) in [5.41, 5.74) is 1.78. The van der Waals surface area contributed by atoms with E-state index < -0.39 is 5.97 Å². The Labute approximate surface area is 109 Å². The molecule has 0 atom stereocenters. The Morgan fingerprint density at radius 1 is 1.37 bits per heavy atom. The fourth-order valence-electron chi connectivity index (χ4n) is 1.71. The van der Waals surface area contributed by atoms with E-state index in [4.69, 9.17) is 15.1 Å². The van der Waals surface area contributed by atoms with Crippen molar-refractivity contribution in [1.82, 2.24) is 4.98 Å². The molecule has 1 aromatic carbocycles. The van der Waals surface area contributed by atoms with Crippen LogP contribution in [0.5, 0.6) is 5.75 Å². The second kappa shape index (κ2) is 5.19. The Hall–Kier alpha value is -2.87. The molecule has 0 radical (unpaired) electrons. The van der Waals surface area contributed by atoms with Gasteiger partial charge in [-0.15, -0.1) is 0 Å². The SMILES string of the molecule is COc1ccc(C#N)cc1-c1cncc(C(=O)O)c1. The summed E-state index contributed by atoms with van der Waals surface area (Å²) in [5, 5.41) is 17.9. The van der Waals surface area contributed by atoms with Crippen molar-refractivity contribution in [1.29, 1.82) is 5.26 Å². The van der Waals surface area contributed by atoms with Crippen molar-refractivity contribution < 1.29 is 14.6 Å². The van der Waals surface area contributed by atoms with Crippen molar-refractivity contribution in [2.24, 2.45) is 0 Å². The van der Waals surface area contributed by atoms with E-state index in [1.165, 1.54) is 25.6 Å². The Bertz CT molecular complexity index is 675. The number of nitriles is 1. The van der Waals surface area contributed by atoms with Crippen LogP contribution in [0.25, 0.3) is 11.1 Å². The van der Waals surface area contributed by atoms with Crippen LogP contribution in [0, 0.1) is 11.3 Å². The third-order valence-corrected chi connectivity index (χ3v) is 2.62. The summed E-state index contributed by atoms with van der Waals surface area (Å²) in [4.78, 5) is 14.8. The lowest BCUT2D eigenvalue weighted by Crippen LogP contribution is -1.98. The Kier molecular flexibility index (Phi) is 3.44. The summed E-state index contributed by atoms with van der Waals surface area (Å²) >= 11 is 0. The Balaban J connectivity index is 2.60. The molecule has 0 saturated carbocycles. The number of pyridine rings is 1. The molecule has 0 bridgehead atoms. The summed E-state index contributed by atoms with van der Waals surface area (Å²) in [5.74, 6) is -0.493. The van der Waals surface area contributed by atoms with E-state index in [0.29, 0.717) is 22.4 Å². The standard InChI is InChI=1S/C14H10N2O3/c1-19-13-3-2-9(6-15)4-12(13)10-5-11(14(17)18)8-16-7-10/h2-5,7-8H,1H3,(H,17,18). The molecule has 1 heterocycles. The molecule has 0 fully saturated rings. The van der Waals surface area contributed by atoms with Gasteiger partial charge in [-0.1, -0.05) is 0 Å². The molecule has 0 amide bonds. The minimum Gasteiger partial charge on any atom is -0.496 e. The highest BCUT2D eigenvalue weighted by Gasteiger charge is 2.10. The van der Waals surface area contributed by atoms with Crippen molar-refractivity contribution in [2.45, 2.75) is 0 Å². The van der Waals surface area contributed by atoms with Gasteiger partial charge in [0.2, 0.25) is 0 Å². The van der Waals surface area contributed by atoms with Gasteiger partial charge in [0.15, 0.2) is 0 Å². The number of hydrogen-bond acceptors (Lipinski definition) is 4. The molecule has 0 aliphatic carbocycles. The fourth-order valence-corrected chi connectivity index (χ4v) is 1.71. The van der Waals surface area contributed by atoms with E-state index >= 15 is 0 Å². The molecular weight excluding hydrogens is 244 g/mol. The van der Waals surface area contributed by atoms with Crippen LogP contribution in [0.15, 0.2) is 36.7 Å². The van der Waals surface area contributed by atoms with Crippen LogP contribution in [0.2, 0.25) is 0 Å². The quantitative estimate of drug-likeness (QED) is 0.908. The normalized spacial score (nSPS) is 9.68. The number of rotatable bonds is 3. The number of benzene rings is 1. The van der Waals surface area contributed by atoms with Gasteiger partial charge in [-0.2, -0.15) is 5.26 Å². The average molecular weight is 254 g/mol. The number of ether oxygens (including phenoxy) is 1. The second-order valence-electron chi connectivity index (χ2n) is 3.79. The number of aromatic carboxylic acids is 1. The number of nitrogens with zero attached hydrogens (tertiary/aromatic N) is 2. The molecule has 5 nitrogen and oxygen atoms in total. The van der Waals surface area contributed by atoms with Gasteiger partial charge in [0.25, 0.3) is 0 Å². The lowest BCUT2D eigenvalue weighted by Gasteiger charge is -2.09. The molecule has 2 aromatic rings. The highest BCUT2D eigenvalue weighted by atomic mass is 16.5. The maximum atomic E-state index is 10.9. The molecular formula is C14H10N2O3. The molecule has 0 saturated heterocycles. The Morgan fingerprint density at radius 2 is 2.16 bits per heavy atom. The zero-order chi connectivity index (χ0) is 13.8. The van der Waals surface area contributed by atoms with Crippen LogP contribution in [-0.4, -0.2) is 23.2 Å². The largest absolute Gasteiger partial charge is 0.496 e. The number of hydrogen-bond donors (Lipinski definition) is 1. The number of aromatic nitrogens is 1. The Morgan fingerprint density at radius 3 is 2.79 bits per heavy atom. The van der Waals surface area contributed by atoms with Crippen molar-refractivity contribution in [3.8, 4) is 22.9 Å². The molecule has 0 spiro atoms. The topological polar surface area (TPSA) is 83.2 Å². The first-order valence-electron chi connectivity index (χ1n) is 5.42. The van der Waals surface area contributed by atoms with Gasteiger partial charge in [0.05, 0.1) is 24.3 Å². The lowest BCUT2D eigenvalue weighted by atomic mass is 10.0. The van der Waals surface area contributed by atoms with Gasteiger partial charge in [-0.3, -0.25) is 4.98 Å². The maximum Gasteiger partial charge on any atom is 0.337 e. The van der Waals surface area contributed by atoms with Gasteiger partial charge in [0, 0.05) is 23.5 Å². The number of carboxylic acid groups (broad SMARTS) is 1. The third-order valence-electron chi connectivity index (χ3n) is 2.62. The van der Waals surface area contributed by atoms with Crippen LogP contribution < -0.4 is 4.74 Å². The van der Waals surface area contributed by atoms with E-state index in [0.717, 1.165) is 0 Å². The number of methoxy groups -OCH3 is 1. The summed E-state index contributed by atoms with van der Waals surface area (Å²) in [7, 11) is 1.51. The van der Waals surface area contributed by atoms with E-state index in [1.54, 1.807) is 18.2 Å². The highest BCUT2D eigenvalue weighted by Crippen LogP contribution is 2.30. The van der Waals surface area contributed by atoms with Gasteiger partial charge in [-0.25, -0.2) is 4.79 Å². The molecule has 5 heteroatoms. The number of carbonyl (C=O) groups is 1. The third kappa shape index (κ3) is 2.53. The minimum atomic E-state index is -1.05. The summed E-state index contributed by atoms with van der Waals surface area (Å²) in [6.45, 7) is 0. The highest BCUT2D eigenvalue weighted by molar-refractivity contribution is 5.89. The summed E-state index contributed by atoms with van der Waals surface area (Å²) in [6.07, 6.45) is 2.80. The molecule has 0 aliphatic heterocycles. The van der Waals surface area contributed by atoms with Gasteiger partial charge in [0.1, 0.15) is 5.75 Å². The first-order chi connectivity index (χ1) is 9.15. The zero-order valence-corrected chi connectivity index (χ0v) is 10.1. The molecule has 0 unspecified atom stereocenters. The van der Waals surface area contributed by atoms with Gasteiger partial charge >= 0.3 is 5.97 Å². The molecule has 0 aliphatic rings. The van der Waals surface area contributed by atoms with Crippen LogP contribution in [0.3, 0.4) is 0 Å². The van der Waals surface area contributed by atoms with Crippen molar-refractivity contribution in [3.05, 3.63) is 47.8 Å². The molecule has 94 valence electrons. The summed E-state index contributed by atoms with van der Waals surface area (Å²) < 4.78 is 5.21. The monoisotopic (exact) mass is 254 g/mol. The van der Waals surface area contributed by atoms with Crippen LogP contribution in [0.4, 0.5) is 0 Å². The average Bonchev–Trinajstić information content (AvgIpc) is 2.46. The maximum absolute atomic E-state index is 10.9. The predicted molar refractivity (Wildman–Crippen MR) is 67.9 cm³/mol. The smallest absolute Gasteiger partial charge is 0.337 e. The van der Waals surface area contributed by atoms with Crippen LogP contribution in [0.1, 0.15) is 15.9 Å². The van der Waals surface area contributed by atoms with E-state index in [1.807, 2.05) is 6.07 Å². The van der Waals surface area contributed by atoms with Crippen molar-refractivity contribution >= 4 is 5.97 Å². The van der Waals surface area contributed by atoms with Gasteiger partial charge < -0.3 is 9.84 Å². The molecule has 2 rings (SSSR count). The predicted octanol–water partition coefficient (Wildman–Crippen LogP) is 2.33. The minimum absolute atomic E-state index is 0.0851. The van der Waals surface area contributed by atoms with Gasteiger partial charge in [-0.05, 0) is 24.3 Å². The second-order valence-corrected chi connectivity index (χ2v) is 3.79. The zero-order valence-electron chi connectivity index (χ0n) is 10.1. The summed E-state index contributed by atoms with van der Waals surface area (Å²) in [6, 6.07) is 8.47.